The lowest BCUT2D eigenvalue weighted by Gasteiger charge is -2.31. The van der Waals surface area contributed by atoms with Gasteiger partial charge in [0.15, 0.2) is 6.61 Å². The van der Waals surface area contributed by atoms with Gasteiger partial charge in [-0.15, -0.1) is 0 Å². The zero-order chi connectivity index (χ0) is 24.0. The molecule has 2 aromatic carbocycles. The van der Waals surface area contributed by atoms with Crippen molar-refractivity contribution < 1.29 is 14.3 Å². The third kappa shape index (κ3) is 6.87. The zero-order valence-electron chi connectivity index (χ0n) is 19.5. The van der Waals surface area contributed by atoms with Crippen LogP contribution in [-0.4, -0.2) is 35.4 Å². The zero-order valence-corrected chi connectivity index (χ0v) is 21.0. The molecule has 1 atom stereocenters. The van der Waals surface area contributed by atoms with E-state index in [9.17, 15) is 9.59 Å². The highest BCUT2D eigenvalue weighted by Gasteiger charge is 2.29. The lowest BCUT2D eigenvalue weighted by Crippen LogP contribution is -2.51. The van der Waals surface area contributed by atoms with Gasteiger partial charge in [0.25, 0.3) is 5.91 Å². The number of nitrogens with one attached hydrogen (secondary N) is 1. The van der Waals surface area contributed by atoms with E-state index < -0.39 is 6.04 Å². The molecule has 1 fully saturated rings. The summed E-state index contributed by atoms with van der Waals surface area (Å²) < 4.78 is 5.77. The van der Waals surface area contributed by atoms with Crippen LogP contribution in [0.3, 0.4) is 0 Å². The summed E-state index contributed by atoms with van der Waals surface area (Å²) in [7, 11) is 0. The van der Waals surface area contributed by atoms with Gasteiger partial charge in [0.2, 0.25) is 5.91 Å². The smallest absolute Gasteiger partial charge is 0.261 e. The minimum atomic E-state index is -0.699. The van der Waals surface area contributed by atoms with Crippen LogP contribution in [0.4, 0.5) is 0 Å². The standard InChI is InChI=1S/C26H32Cl2N2O3/c1-17-12-13-21(14-18(17)2)33-16-25(31)30(15-22-23(27)10-7-11-24(22)28)19(3)26(32)29-20-8-5-4-6-9-20/h7,10-14,19-20H,4-6,8-9,15-16H2,1-3H3,(H,29,32). The maximum atomic E-state index is 13.3. The molecule has 0 bridgehead atoms. The first-order valence-corrected chi connectivity index (χ1v) is 12.2. The first kappa shape index (κ1) is 25.4. The number of hydrogen-bond acceptors (Lipinski definition) is 3. The number of rotatable bonds is 8. The van der Waals surface area contributed by atoms with Crippen LogP contribution in [0.2, 0.25) is 10.0 Å². The molecule has 0 saturated heterocycles. The van der Waals surface area contributed by atoms with E-state index in [1.54, 1.807) is 25.1 Å². The average Bonchev–Trinajstić information content (AvgIpc) is 2.79. The molecule has 1 N–H and O–H groups in total. The molecule has 2 aromatic rings. The van der Waals surface area contributed by atoms with Crippen LogP contribution < -0.4 is 10.1 Å². The number of halogens is 2. The van der Waals surface area contributed by atoms with Gasteiger partial charge in [-0.2, -0.15) is 0 Å². The van der Waals surface area contributed by atoms with E-state index in [2.05, 4.69) is 5.32 Å². The van der Waals surface area contributed by atoms with E-state index in [1.807, 2.05) is 32.0 Å². The summed E-state index contributed by atoms with van der Waals surface area (Å²) in [6, 6.07) is 10.4. The predicted molar refractivity (Wildman–Crippen MR) is 133 cm³/mol. The molecule has 2 amide bonds. The molecule has 3 rings (SSSR count). The van der Waals surface area contributed by atoms with Crippen LogP contribution in [0.15, 0.2) is 36.4 Å². The highest BCUT2D eigenvalue weighted by Crippen LogP contribution is 2.27. The van der Waals surface area contributed by atoms with Crippen LogP contribution in [0, 0.1) is 13.8 Å². The number of carbonyl (C=O) groups is 2. The van der Waals surface area contributed by atoms with E-state index in [-0.39, 0.29) is 31.0 Å². The van der Waals surface area contributed by atoms with Crippen LogP contribution in [0.1, 0.15) is 55.7 Å². The summed E-state index contributed by atoms with van der Waals surface area (Å²) in [4.78, 5) is 27.8. The van der Waals surface area contributed by atoms with Crippen LogP contribution in [0.5, 0.6) is 5.75 Å². The number of carbonyl (C=O) groups excluding carboxylic acids is 2. The average molecular weight is 491 g/mol. The van der Waals surface area contributed by atoms with Crippen LogP contribution in [0.25, 0.3) is 0 Å². The second-order valence-electron chi connectivity index (χ2n) is 8.78. The van der Waals surface area contributed by atoms with E-state index in [4.69, 9.17) is 27.9 Å². The van der Waals surface area contributed by atoms with Crippen molar-refractivity contribution in [2.45, 2.75) is 71.5 Å². The molecule has 0 radical (unpaired) electrons. The third-order valence-electron chi connectivity index (χ3n) is 6.35. The predicted octanol–water partition coefficient (Wildman–Crippen LogP) is 5.86. The van der Waals surface area contributed by atoms with Gasteiger partial charge >= 0.3 is 0 Å². The molecule has 0 aromatic heterocycles. The molecule has 1 aliphatic rings. The Hall–Kier alpha value is -2.24. The Kier molecular flexibility index (Phi) is 9.04. The minimum Gasteiger partial charge on any atom is -0.484 e. The molecule has 5 nitrogen and oxygen atoms in total. The Balaban J connectivity index is 1.76. The van der Waals surface area contributed by atoms with E-state index >= 15 is 0 Å². The Labute approximate surface area is 206 Å². The number of hydrogen-bond donors (Lipinski definition) is 1. The Morgan fingerprint density at radius 2 is 1.73 bits per heavy atom. The van der Waals surface area contributed by atoms with Crippen LogP contribution in [-0.2, 0) is 16.1 Å². The van der Waals surface area contributed by atoms with Crippen LogP contribution >= 0.6 is 23.2 Å². The fourth-order valence-corrected chi connectivity index (χ4v) is 4.55. The summed E-state index contributed by atoms with van der Waals surface area (Å²) in [6.07, 6.45) is 5.37. The van der Waals surface area contributed by atoms with E-state index in [1.165, 1.54) is 11.3 Å². The van der Waals surface area contributed by atoms with E-state index in [0.717, 1.165) is 36.8 Å². The van der Waals surface area contributed by atoms with Crippen molar-refractivity contribution in [1.29, 1.82) is 0 Å². The largest absolute Gasteiger partial charge is 0.484 e. The normalized spacial score (nSPS) is 15.1. The third-order valence-corrected chi connectivity index (χ3v) is 7.06. The Bertz CT molecular complexity index is 969. The molecular weight excluding hydrogens is 459 g/mol. The van der Waals surface area contributed by atoms with E-state index in [0.29, 0.717) is 21.4 Å². The van der Waals surface area contributed by atoms with Crippen molar-refractivity contribution in [3.8, 4) is 5.75 Å². The Morgan fingerprint density at radius 3 is 2.36 bits per heavy atom. The van der Waals surface area contributed by atoms with Gasteiger partial charge in [0.05, 0.1) is 0 Å². The quantitative estimate of drug-likeness (QED) is 0.504. The SMILES string of the molecule is Cc1ccc(OCC(=O)N(Cc2c(Cl)cccc2Cl)C(C)C(=O)NC2CCCCC2)cc1C. The summed E-state index contributed by atoms with van der Waals surface area (Å²) in [5, 5.41) is 4.02. The molecule has 7 heteroatoms. The number of benzene rings is 2. The molecular formula is C26H32Cl2N2O3. The second-order valence-corrected chi connectivity index (χ2v) is 9.59. The molecule has 1 aliphatic carbocycles. The Morgan fingerprint density at radius 1 is 1.06 bits per heavy atom. The van der Waals surface area contributed by atoms with Gasteiger partial charge in [-0.25, -0.2) is 0 Å². The second kappa shape index (κ2) is 11.8. The number of aryl methyl sites for hydroxylation is 2. The fraction of sp³-hybridized carbons (Fsp3) is 0.462. The van der Waals surface area contributed by atoms with Gasteiger partial charge in [0, 0.05) is 28.2 Å². The summed E-state index contributed by atoms with van der Waals surface area (Å²) in [6.45, 7) is 5.68. The molecule has 1 saturated carbocycles. The number of nitrogens with zero attached hydrogens (tertiary/aromatic N) is 1. The molecule has 0 aliphatic heterocycles. The molecule has 33 heavy (non-hydrogen) atoms. The fourth-order valence-electron chi connectivity index (χ4n) is 4.04. The van der Waals surface area contributed by atoms with Crippen molar-refractivity contribution in [1.82, 2.24) is 10.2 Å². The molecule has 0 heterocycles. The highest BCUT2D eigenvalue weighted by molar-refractivity contribution is 6.36. The number of ether oxygens (including phenoxy) is 1. The van der Waals surface area contributed by atoms with Gasteiger partial charge in [-0.3, -0.25) is 9.59 Å². The number of amides is 2. The lowest BCUT2D eigenvalue weighted by atomic mass is 9.95. The summed E-state index contributed by atoms with van der Waals surface area (Å²) in [5.74, 6) is 0.126. The topological polar surface area (TPSA) is 58.6 Å². The van der Waals surface area contributed by atoms with Gasteiger partial charge in [0.1, 0.15) is 11.8 Å². The summed E-state index contributed by atoms with van der Waals surface area (Å²) in [5.41, 5.74) is 2.84. The van der Waals surface area contributed by atoms with Gasteiger partial charge in [-0.05, 0) is 69.0 Å². The maximum Gasteiger partial charge on any atom is 0.261 e. The highest BCUT2D eigenvalue weighted by atomic mass is 35.5. The summed E-state index contributed by atoms with van der Waals surface area (Å²) >= 11 is 12.7. The van der Waals surface area contributed by atoms with Crippen molar-refractivity contribution in [2.24, 2.45) is 0 Å². The van der Waals surface area contributed by atoms with Gasteiger partial charge in [-0.1, -0.05) is 54.6 Å². The van der Waals surface area contributed by atoms with Crippen molar-refractivity contribution >= 4 is 35.0 Å². The molecule has 178 valence electrons. The first-order chi connectivity index (χ1) is 15.8. The minimum absolute atomic E-state index is 0.118. The molecule has 1 unspecified atom stereocenters. The first-order valence-electron chi connectivity index (χ1n) is 11.5. The lowest BCUT2D eigenvalue weighted by molar-refractivity contribution is -0.142. The monoisotopic (exact) mass is 490 g/mol. The van der Waals surface area contributed by atoms with Crippen molar-refractivity contribution in [2.75, 3.05) is 6.61 Å². The van der Waals surface area contributed by atoms with Gasteiger partial charge < -0.3 is 15.0 Å². The maximum absolute atomic E-state index is 13.3. The van der Waals surface area contributed by atoms with Crippen molar-refractivity contribution in [3.05, 3.63) is 63.1 Å². The van der Waals surface area contributed by atoms with Crippen molar-refractivity contribution in [3.63, 3.8) is 0 Å². The molecule has 0 spiro atoms.